The Bertz CT molecular complexity index is 285. The predicted molar refractivity (Wildman–Crippen MR) is 69.5 cm³/mol. The van der Waals surface area contributed by atoms with E-state index in [9.17, 15) is 4.79 Å². The summed E-state index contributed by atoms with van der Waals surface area (Å²) in [4.78, 5) is 11.9. The van der Waals surface area contributed by atoms with Crippen LogP contribution in [0.15, 0.2) is 0 Å². The molecule has 1 amide bonds. The van der Waals surface area contributed by atoms with Crippen molar-refractivity contribution in [2.24, 2.45) is 22.5 Å². The lowest BCUT2D eigenvalue weighted by Crippen LogP contribution is -2.43. The van der Waals surface area contributed by atoms with E-state index >= 15 is 0 Å². The van der Waals surface area contributed by atoms with E-state index in [4.69, 9.17) is 5.73 Å². The minimum Gasteiger partial charge on any atom is -0.356 e. The molecule has 0 saturated heterocycles. The highest BCUT2D eigenvalue weighted by molar-refractivity contribution is 5.77. The number of amides is 1. The second-order valence-electron chi connectivity index (χ2n) is 6.53. The van der Waals surface area contributed by atoms with Crippen molar-refractivity contribution in [2.75, 3.05) is 13.1 Å². The molecule has 0 radical (unpaired) electrons. The summed E-state index contributed by atoms with van der Waals surface area (Å²) >= 11 is 0. The fourth-order valence-electron chi connectivity index (χ4n) is 2.93. The van der Waals surface area contributed by atoms with Gasteiger partial charge < -0.3 is 11.1 Å². The van der Waals surface area contributed by atoms with Gasteiger partial charge in [-0.25, -0.2) is 0 Å². The Labute approximate surface area is 105 Å². The Morgan fingerprint density at radius 2 is 1.94 bits per heavy atom. The van der Waals surface area contributed by atoms with Gasteiger partial charge in [0.15, 0.2) is 0 Å². The molecule has 2 aliphatic carbocycles. The van der Waals surface area contributed by atoms with Gasteiger partial charge in [-0.1, -0.05) is 20.3 Å². The SMILES string of the molecule is CC(C)C1(CNC(=O)CC2(CN)CCC2)CC1. The van der Waals surface area contributed by atoms with Crippen molar-refractivity contribution < 1.29 is 4.79 Å². The van der Waals surface area contributed by atoms with Crippen molar-refractivity contribution in [1.29, 1.82) is 0 Å². The third-order valence-electron chi connectivity index (χ3n) is 5.14. The van der Waals surface area contributed by atoms with Crippen LogP contribution in [-0.4, -0.2) is 19.0 Å². The smallest absolute Gasteiger partial charge is 0.220 e. The molecule has 3 nitrogen and oxygen atoms in total. The summed E-state index contributed by atoms with van der Waals surface area (Å²) in [5.41, 5.74) is 6.33. The number of carbonyl (C=O) groups is 1. The van der Waals surface area contributed by atoms with Crippen LogP contribution in [0.2, 0.25) is 0 Å². The van der Waals surface area contributed by atoms with Crippen LogP contribution in [0, 0.1) is 16.7 Å². The molecular weight excluding hydrogens is 212 g/mol. The molecule has 0 aliphatic heterocycles. The maximum absolute atomic E-state index is 11.9. The highest BCUT2D eigenvalue weighted by atomic mass is 16.1. The number of carbonyl (C=O) groups excluding carboxylic acids is 1. The largest absolute Gasteiger partial charge is 0.356 e. The van der Waals surface area contributed by atoms with E-state index in [1.165, 1.54) is 19.3 Å². The Balaban J connectivity index is 1.75. The molecule has 2 saturated carbocycles. The van der Waals surface area contributed by atoms with E-state index in [0.29, 0.717) is 24.3 Å². The topological polar surface area (TPSA) is 55.1 Å². The first-order chi connectivity index (χ1) is 8.02. The van der Waals surface area contributed by atoms with E-state index in [1.807, 2.05) is 0 Å². The van der Waals surface area contributed by atoms with Crippen molar-refractivity contribution in [3.63, 3.8) is 0 Å². The van der Waals surface area contributed by atoms with Gasteiger partial charge in [-0.05, 0) is 49.0 Å². The maximum Gasteiger partial charge on any atom is 0.220 e. The summed E-state index contributed by atoms with van der Waals surface area (Å²) in [5, 5.41) is 3.13. The van der Waals surface area contributed by atoms with E-state index < -0.39 is 0 Å². The Kier molecular flexibility index (Phi) is 3.48. The monoisotopic (exact) mass is 238 g/mol. The zero-order valence-corrected chi connectivity index (χ0v) is 11.2. The van der Waals surface area contributed by atoms with E-state index in [0.717, 1.165) is 19.4 Å². The summed E-state index contributed by atoms with van der Waals surface area (Å²) in [6, 6.07) is 0. The van der Waals surface area contributed by atoms with Crippen molar-refractivity contribution in [1.82, 2.24) is 5.32 Å². The standard InChI is InChI=1S/C14H26N2O/c1-11(2)14(6-7-14)10-16-12(17)8-13(9-15)4-3-5-13/h11H,3-10,15H2,1-2H3,(H,16,17). The lowest BCUT2D eigenvalue weighted by molar-refractivity contribution is -0.125. The fraction of sp³-hybridized carbons (Fsp3) is 0.929. The highest BCUT2D eigenvalue weighted by Gasteiger charge is 2.45. The minimum absolute atomic E-state index is 0.138. The molecular formula is C14H26N2O. The Morgan fingerprint density at radius 3 is 2.29 bits per heavy atom. The van der Waals surface area contributed by atoms with Gasteiger partial charge in [0.1, 0.15) is 0 Å². The first-order valence-corrected chi connectivity index (χ1v) is 6.99. The molecule has 17 heavy (non-hydrogen) atoms. The van der Waals surface area contributed by atoms with Crippen molar-refractivity contribution in [2.45, 2.75) is 52.4 Å². The molecule has 0 spiro atoms. The normalized spacial score (nSPS) is 24.2. The van der Waals surface area contributed by atoms with Crippen molar-refractivity contribution >= 4 is 5.91 Å². The van der Waals surface area contributed by atoms with Crippen LogP contribution in [0.5, 0.6) is 0 Å². The average molecular weight is 238 g/mol. The molecule has 0 heterocycles. The zero-order valence-electron chi connectivity index (χ0n) is 11.2. The first kappa shape index (κ1) is 12.9. The lowest BCUT2D eigenvalue weighted by Gasteiger charge is -2.40. The van der Waals surface area contributed by atoms with Gasteiger partial charge in [0.25, 0.3) is 0 Å². The van der Waals surface area contributed by atoms with Crippen LogP contribution < -0.4 is 11.1 Å². The number of nitrogens with one attached hydrogen (secondary N) is 1. The van der Waals surface area contributed by atoms with Crippen molar-refractivity contribution in [3.05, 3.63) is 0 Å². The molecule has 0 aromatic carbocycles. The van der Waals surface area contributed by atoms with E-state index in [-0.39, 0.29) is 11.3 Å². The van der Waals surface area contributed by atoms with Crippen molar-refractivity contribution in [3.8, 4) is 0 Å². The second-order valence-corrected chi connectivity index (χ2v) is 6.53. The first-order valence-electron chi connectivity index (χ1n) is 6.99. The van der Waals surface area contributed by atoms with Crippen LogP contribution >= 0.6 is 0 Å². The fourth-order valence-corrected chi connectivity index (χ4v) is 2.93. The summed E-state index contributed by atoms with van der Waals surface area (Å²) in [5.74, 6) is 0.886. The third-order valence-corrected chi connectivity index (χ3v) is 5.14. The van der Waals surface area contributed by atoms with Crippen LogP contribution in [0.25, 0.3) is 0 Å². The Hall–Kier alpha value is -0.570. The van der Waals surface area contributed by atoms with Gasteiger partial charge in [0.2, 0.25) is 5.91 Å². The molecule has 2 rings (SSSR count). The summed E-state index contributed by atoms with van der Waals surface area (Å²) in [7, 11) is 0. The van der Waals surface area contributed by atoms with Gasteiger partial charge in [-0.2, -0.15) is 0 Å². The summed E-state index contributed by atoms with van der Waals surface area (Å²) in [6.07, 6.45) is 6.68. The number of nitrogens with two attached hydrogens (primary N) is 1. The van der Waals surface area contributed by atoms with Gasteiger partial charge in [0, 0.05) is 13.0 Å². The molecule has 0 aromatic heterocycles. The predicted octanol–water partition coefficient (Wildman–Crippen LogP) is 2.06. The minimum atomic E-state index is 0.138. The summed E-state index contributed by atoms with van der Waals surface area (Å²) < 4.78 is 0. The lowest BCUT2D eigenvalue weighted by atomic mass is 9.66. The molecule has 3 N–H and O–H groups in total. The van der Waals surface area contributed by atoms with E-state index in [1.54, 1.807) is 0 Å². The van der Waals surface area contributed by atoms with Gasteiger partial charge in [-0.15, -0.1) is 0 Å². The van der Waals surface area contributed by atoms with Gasteiger partial charge in [-0.3, -0.25) is 4.79 Å². The second kappa shape index (κ2) is 4.60. The highest BCUT2D eigenvalue weighted by Crippen LogP contribution is 2.51. The third kappa shape index (κ3) is 2.65. The molecule has 2 fully saturated rings. The van der Waals surface area contributed by atoms with Crippen LogP contribution in [0.1, 0.15) is 52.4 Å². The molecule has 3 heteroatoms. The number of hydrogen-bond acceptors (Lipinski definition) is 2. The molecule has 2 aliphatic rings. The summed E-state index contributed by atoms with van der Waals surface area (Å²) in [6.45, 7) is 6.04. The van der Waals surface area contributed by atoms with Crippen LogP contribution in [0.4, 0.5) is 0 Å². The number of hydrogen-bond donors (Lipinski definition) is 2. The average Bonchev–Trinajstić information content (AvgIpc) is 3.01. The molecule has 0 aromatic rings. The van der Waals surface area contributed by atoms with Crippen LogP contribution in [-0.2, 0) is 4.79 Å². The Morgan fingerprint density at radius 1 is 1.29 bits per heavy atom. The zero-order chi connectivity index (χ0) is 12.5. The number of rotatable bonds is 6. The van der Waals surface area contributed by atoms with Crippen LogP contribution in [0.3, 0.4) is 0 Å². The molecule has 0 unspecified atom stereocenters. The maximum atomic E-state index is 11.9. The molecule has 0 atom stereocenters. The van der Waals surface area contributed by atoms with Gasteiger partial charge >= 0.3 is 0 Å². The van der Waals surface area contributed by atoms with E-state index in [2.05, 4.69) is 19.2 Å². The quantitative estimate of drug-likeness (QED) is 0.744. The molecule has 98 valence electrons. The molecule has 0 bridgehead atoms. The van der Waals surface area contributed by atoms with Gasteiger partial charge in [0.05, 0.1) is 0 Å².